The number of carbonyl (C=O) groups excluding carboxylic acids is 2. The number of hydrogen-bond acceptors (Lipinski definition) is 6. The van der Waals surface area contributed by atoms with Gasteiger partial charge in [0.2, 0.25) is 5.91 Å². The summed E-state index contributed by atoms with van der Waals surface area (Å²) in [5, 5.41) is 16.4. The number of carbonyl (C=O) groups is 2. The van der Waals surface area contributed by atoms with Crippen LogP contribution in [0.3, 0.4) is 0 Å². The van der Waals surface area contributed by atoms with Crippen LogP contribution in [0.2, 0.25) is 0 Å². The van der Waals surface area contributed by atoms with E-state index in [0.29, 0.717) is 64.7 Å². The van der Waals surface area contributed by atoms with Gasteiger partial charge in [0.25, 0.3) is 0 Å². The van der Waals surface area contributed by atoms with E-state index >= 15 is 0 Å². The smallest absolute Gasteiger partial charge is 0.318 e. The predicted molar refractivity (Wildman–Crippen MR) is 155 cm³/mol. The van der Waals surface area contributed by atoms with Crippen LogP contribution in [0.5, 0.6) is 11.5 Å². The average Bonchev–Trinajstić information content (AvgIpc) is 3.41. The van der Waals surface area contributed by atoms with Crippen molar-refractivity contribution in [3.63, 3.8) is 0 Å². The van der Waals surface area contributed by atoms with Crippen molar-refractivity contribution in [2.24, 2.45) is 5.92 Å². The Labute approximate surface area is 242 Å². The Morgan fingerprint density at radius 2 is 1.76 bits per heavy atom. The van der Waals surface area contributed by atoms with Gasteiger partial charge in [-0.2, -0.15) is 5.26 Å². The lowest BCUT2D eigenvalue weighted by molar-refractivity contribution is -0.124. The van der Waals surface area contributed by atoms with Gasteiger partial charge in [-0.1, -0.05) is 68.5 Å². The zero-order chi connectivity index (χ0) is 28.5. The Morgan fingerprint density at radius 1 is 1.02 bits per heavy atom. The summed E-state index contributed by atoms with van der Waals surface area (Å²) in [5.41, 5.74) is 0.00486. The zero-order valence-electron chi connectivity index (χ0n) is 23.7. The third-order valence-corrected chi connectivity index (χ3v) is 8.47. The number of hydrogen-bond donors (Lipinski definition) is 2. The second kappa shape index (κ2) is 13.8. The molecule has 0 spiro atoms. The Balaban J connectivity index is 1.24. The van der Waals surface area contributed by atoms with Gasteiger partial charge in [-0.3, -0.25) is 9.69 Å². The largest absolute Gasteiger partial charge is 0.457 e. The van der Waals surface area contributed by atoms with E-state index in [1.165, 1.54) is 6.42 Å². The van der Waals surface area contributed by atoms with Gasteiger partial charge in [-0.25, -0.2) is 4.79 Å². The molecule has 2 saturated heterocycles. The first kappa shape index (κ1) is 28.9. The molecule has 0 bridgehead atoms. The first-order valence-corrected chi connectivity index (χ1v) is 14.9. The van der Waals surface area contributed by atoms with Crippen LogP contribution in [0.4, 0.5) is 4.79 Å². The zero-order valence-corrected chi connectivity index (χ0v) is 23.7. The highest BCUT2D eigenvalue weighted by Gasteiger charge is 2.42. The van der Waals surface area contributed by atoms with Crippen LogP contribution in [0.1, 0.15) is 50.5 Å². The van der Waals surface area contributed by atoms with Gasteiger partial charge < -0.3 is 25.0 Å². The summed E-state index contributed by atoms with van der Waals surface area (Å²) in [6.07, 6.45) is 6.78. The Kier molecular flexibility index (Phi) is 9.75. The van der Waals surface area contributed by atoms with E-state index < -0.39 is 11.6 Å². The molecule has 2 aliphatic heterocycles. The van der Waals surface area contributed by atoms with Crippen molar-refractivity contribution in [3.8, 4) is 17.6 Å². The number of urea groups is 1. The molecule has 2 N–H and O–H groups in total. The number of para-hydroxylation sites is 2. The highest BCUT2D eigenvalue weighted by Crippen LogP contribution is 2.30. The average molecular weight is 560 g/mol. The van der Waals surface area contributed by atoms with Gasteiger partial charge in [0.15, 0.2) is 0 Å². The molecule has 41 heavy (non-hydrogen) atoms. The number of nitrogens with zero attached hydrogens (tertiary/aromatic N) is 3. The molecule has 2 aromatic rings. The maximum atomic E-state index is 13.7. The van der Waals surface area contributed by atoms with E-state index in [2.05, 4.69) is 21.6 Å². The predicted octanol–water partition coefficient (Wildman–Crippen LogP) is 4.44. The first-order chi connectivity index (χ1) is 20.0. The maximum Gasteiger partial charge on any atom is 0.318 e. The summed E-state index contributed by atoms with van der Waals surface area (Å²) in [4.78, 5) is 30.7. The van der Waals surface area contributed by atoms with Crippen molar-refractivity contribution < 1.29 is 19.1 Å². The van der Waals surface area contributed by atoms with Crippen molar-refractivity contribution in [1.29, 1.82) is 5.26 Å². The van der Waals surface area contributed by atoms with Crippen LogP contribution < -0.4 is 15.4 Å². The number of nitrogens with one attached hydrogen (secondary N) is 2. The third kappa shape index (κ3) is 7.78. The van der Waals surface area contributed by atoms with Gasteiger partial charge in [0.05, 0.1) is 19.3 Å². The number of benzene rings is 2. The number of nitriles is 1. The van der Waals surface area contributed by atoms with Crippen LogP contribution in [0.25, 0.3) is 0 Å². The lowest BCUT2D eigenvalue weighted by Crippen LogP contribution is -2.58. The number of rotatable bonds is 9. The van der Waals surface area contributed by atoms with Crippen LogP contribution in [0.15, 0.2) is 54.6 Å². The lowest BCUT2D eigenvalue weighted by atomic mass is 9.84. The lowest BCUT2D eigenvalue weighted by Gasteiger charge is -2.32. The standard InChI is InChI=1S/C32H41N5O4/c33-23-32(15-16-36(24-32)22-26-11-7-8-14-29(26)41-27-12-5-2-6-13-27)35-30(38)28(21-25-9-3-1-4-10-25)34-31(39)37-17-19-40-20-18-37/h2,5-8,11-14,25,28H,1,3-4,9-10,15-22,24H2,(H,34,39)(H,35,38). The van der Waals surface area contributed by atoms with Crippen LogP contribution in [-0.2, 0) is 16.1 Å². The van der Waals surface area contributed by atoms with Crippen LogP contribution >= 0.6 is 0 Å². The molecule has 2 unspecified atom stereocenters. The topological polar surface area (TPSA) is 107 Å². The highest BCUT2D eigenvalue weighted by molar-refractivity contribution is 5.88. The second-order valence-corrected chi connectivity index (χ2v) is 11.5. The summed E-state index contributed by atoms with van der Waals surface area (Å²) in [5.74, 6) is 1.66. The summed E-state index contributed by atoms with van der Waals surface area (Å²) >= 11 is 0. The minimum Gasteiger partial charge on any atom is -0.457 e. The molecule has 5 rings (SSSR count). The van der Waals surface area contributed by atoms with Gasteiger partial charge in [-0.15, -0.1) is 0 Å². The number of likely N-dealkylation sites (tertiary alicyclic amines) is 1. The molecule has 2 heterocycles. The summed E-state index contributed by atoms with van der Waals surface area (Å²) in [6.45, 7) is 3.69. The molecule has 2 atom stereocenters. The fourth-order valence-electron chi connectivity index (χ4n) is 6.15. The minimum atomic E-state index is -1.01. The van der Waals surface area contributed by atoms with E-state index in [4.69, 9.17) is 9.47 Å². The van der Waals surface area contributed by atoms with Gasteiger partial charge in [-0.05, 0) is 37.0 Å². The summed E-state index contributed by atoms with van der Waals surface area (Å²) < 4.78 is 11.5. The molecular weight excluding hydrogens is 518 g/mol. The normalized spacial score (nSPS) is 22.5. The molecule has 0 aromatic heterocycles. The summed E-state index contributed by atoms with van der Waals surface area (Å²) in [7, 11) is 0. The molecule has 218 valence electrons. The molecule has 9 heteroatoms. The molecule has 3 fully saturated rings. The fraction of sp³-hybridized carbons (Fsp3) is 0.531. The molecule has 1 aliphatic carbocycles. The monoisotopic (exact) mass is 559 g/mol. The summed E-state index contributed by atoms with van der Waals surface area (Å²) in [6, 6.07) is 19.1. The first-order valence-electron chi connectivity index (χ1n) is 14.9. The molecule has 1 saturated carbocycles. The molecule has 3 aliphatic rings. The highest BCUT2D eigenvalue weighted by atomic mass is 16.5. The number of ether oxygens (including phenoxy) is 2. The van der Waals surface area contributed by atoms with Crippen molar-refractivity contribution in [1.82, 2.24) is 20.4 Å². The molecule has 3 amide bonds. The quantitative estimate of drug-likeness (QED) is 0.470. The third-order valence-electron chi connectivity index (χ3n) is 8.47. The van der Waals surface area contributed by atoms with Gasteiger partial charge >= 0.3 is 6.03 Å². The Morgan fingerprint density at radius 3 is 2.51 bits per heavy atom. The van der Waals surface area contributed by atoms with Crippen molar-refractivity contribution in [2.45, 2.75) is 63.1 Å². The molecule has 9 nitrogen and oxygen atoms in total. The van der Waals surface area contributed by atoms with E-state index in [-0.39, 0.29) is 11.9 Å². The maximum absolute atomic E-state index is 13.7. The van der Waals surface area contributed by atoms with E-state index in [1.54, 1.807) is 4.90 Å². The number of amides is 3. The van der Waals surface area contributed by atoms with Crippen molar-refractivity contribution >= 4 is 11.9 Å². The van der Waals surface area contributed by atoms with Crippen LogP contribution in [0, 0.1) is 17.2 Å². The van der Waals surface area contributed by atoms with Crippen LogP contribution in [-0.4, -0.2) is 72.7 Å². The van der Waals surface area contributed by atoms with E-state index in [0.717, 1.165) is 42.7 Å². The molecule has 2 aromatic carbocycles. The second-order valence-electron chi connectivity index (χ2n) is 11.5. The SMILES string of the molecule is N#CC1(NC(=O)C(CC2CCCCC2)NC(=O)N2CCOCC2)CCN(Cc2ccccc2Oc2ccccc2)C1. The van der Waals surface area contributed by atoms with Gasteiger partial charge in [0, 0.05) is 38.3 Å². The van der Waals surface area contributed by atoms with Crippen molar-refractivity contribution in [3.05, 3.63) is 60.2 Å². The van der Waals surface area contributed by atoms with Crippen molar-refractivity contribution in [2.75, 3.05) is 39.4 Å². The van der Waals surface area contributed by atoms with E-state index in [1.807, 2.05) is 54.6 Å². The van der Waals surface area contributed by atoms with Gasteiger partial charge in [0.1, 0.15) is 23.1 Å². The Bertz CT molecular complexity index is 1210. The minimum absolute atomic E-state index is 0.238. The van der Waals surface area contributed by atoms with E-state index in [9.17, 15) is 14.9 Å². The molecule has 0 radical (unpaired) electrons. The Hall–Kier alpha value is -3.61. The molecular formula is C32H41N5O4. The fourth-order valence-corrected chi connectivity index (χ4v) is 6.15. The number of morpholine rings is 1.